The summed E-state index contributed by atoms with van der Waals surface area (Å²) in [5.74, 6) is -0.339. The van der Waals surface area contributed by atoms with Crippen molar-refractivity contribution in [3.8, 4) is 0 Å². The fourth-order valence-corrected chi connectivity index (χ4v) is 2.87. The molecule has 23 heavy (non-hydrogen) atoms. The van der Waals surface area contributed by atoms with Crippen LogP contribution in [0.2, 0.25) is 0 Å². The minimum Gasteiger partial charge on any atom is -0.353 e. The standard InChI is InChI=1S/C17H21FN4O/c1-12(2)22-11-13(9-20-22)10-21-8-7-19-17(23)16(21)14-3-5-15(18)6-4-14/h3-6,9,11-12,16H,7-8,10H2,1-2H3,(H,19,23). The molecule has 3 rings (SSSR count). The van der Waals surface area contributed by atoms with E-state index in [4.69, 9.17) is 0 Å². The highest BCUT2D eigenvalue weighted by Crippen LogP contribution is 2.25. The Kier molecular flexibility index (Phi) is 4.43. The van der Waals surface area contributed by atoms with Crippen LogP contribution in [0.25, 0.3) is 0 Å². The number of piperazine rings is 1. The van der Waals surface area contributed by atoms with Gasteiger partial charge in [0.1, 0.15) is 11.9 Å². The molecule has 1 atom stereocenters. The third kappa shape index (κ3) is 3.42. The van der Waals surface area contributed by atoms with Gasteiger partial charge in [0, 0.05) is 37.4 Å². The predicted octanol–water partition coefficient (Wildman–Crippen LogP) is 2.28. The van der Waals surface area contributed by atoms with Crippen LogP contribution < -0.4 is 5.32 Å². The highest BCUT2D eigenvalue weighted by Gasteiger charge is 2.31. The number of amides is 1. The second-order valence-corrected chi connectivity index (χ2v) is 6.14. The molecule has 2 heterocycles. The Bertz CT molecular complexity index is 680. The number of halogens is 1. The molecule has 0 aliphatic carbocycles. The van der Waals surface area contributed by atoms with Crippen LogP contribution in [0, 0.1) is 5.82 Å². The number of nitrogens with one attached hydrogen (secondary N) is 1. The second-order valence-electron chi connectivity index (χ2n) is 6.14. The maximum atomic E-state index is 13.1. The van der Waals surface area contributed by atoms with Gasteiger partial charge in [0.05, 0.1) is 6.20 Å². The Morgan fingerprint density at radius 1 is 1.35 bits per heavy atom. The Morgan fingerprint density at radius 2 is 2.09 bits per heavy atom. The van der Waals surface area contributed by atoms with Crippen molar-refractivity contribution in [2.24, 2.45) is 0 Å². The predicted molar refractivity (Wildman–Crippen MR) is 85.2 cm³/mol. The van der Waals surface area contributed by atoms with Gasteiger partial charge in [-0.05, 0) is 31.5 Å². The van der Waals surface area contributed by atoms with Gasteiger partial charge in [0.15, 0.2) is 0 Å². The van der Waals surface area contributed by atoms with Crippen molar-refractivity contribution in [2.45, 2.75) is 32.5 Å². The Morgan fingerprint density at radius 3 is 2.74 bits per heavy atom. The Balaban J connectivity index is 1.82. The van der Waals surface area contributed by atoms with Crippen LogP contribution in [0.4, 0.5) is 4.39 Å². The first-order chi connectivity index (χ1) is 11.0. The molecule has 1 fully saturated rings. The quantitative estimate of drug-likeness (QED) is 0.941. The Labute approximate surface area is 135 Å². The van der Waals surface area contributed by atoms with E-state index in [0.29, 0.717) is 19.1 Å². The number of nitrogens with zero attached hydrogens (tertiary/aromatic N) is 3. The van der Waals surface area contributed by atoms with Crippen molar-refractivity contribution < 1.29 is 9.18 Å². The first-order valence-electron chi connectivity index (χ1n) is 7.85. The molecule has 1 amide bonds. The normalized spacial score (nSPS) is 19.1. The Hall–Kier alpha value is -2.21. The van der Waals surface area contributed by atoms with Crippen LogP contribution in [-0.4, -0.2) is 33.7 Å². The van der Waals surface area contributed by atoms with Gasteiger partial charge in [0.2, 0.25) is 5.91 Å². The molecule has 5 nitrogen and oxygen atoms in total. The lowest BCUT2D eigenvalue weighted by molar-refractivity contribution is -0.129. The van der Waals surface area contributed by atoms with E-state index in [2.05, 4.69) is 29.2 Å². The number of carbonyl (C=O) groups excluding carboxylic acids is 1. The summed E-state index contributed by atoms with van der Waals surface area (Å²) >= 11 is 0. The van der Waals surface area contributed by atoms with Crippen LogP contribution >= 0.6 is 0 Å². The van der Waals surface area contributed by atoms with E-state index in [1.54, 1.807) is 12.1 Å². The van der Waals surface area contributed by atoms with Crippen molar-refractivity contribution in [3.63, 3.8) is 0 Å². The van der Waals surface area contributed by atoms with Crippen LogP contribution in [-0.2, 0) is 11.3 Å². The van der Waals surface area contributed by atoms with E-state index in [-0.39, 0.29) is 11.7 Å². The van der Waals surface area contributed by atoms with Crippen molar-refractivity contribution in [2.75, 3.05) is 13.1 Å². The number of hydrogen-bond acceptors (Lipinski definition) is 3. The largest absolute Gasteiger partial charge is 0.353 e. The molecule has 0 spiro atoms. The number of benzene rings is 1. The van der Waals surface area contributed by atoms with Crippen molar-refractivity contribution >= 4 is 5.91 Å². The summed E-state index contributed by atoms with van der Waals surface area (Å²) in [5, 5.41) is 7.24. The molecule has 1 aliphatic rings. The summed E-state index contributed by atoms with van der Waals surface area (Å²) in [6, 6.07) is 6.05. The minimum atomic E-state index is -0.397. The van der Waals surface area contributed by atoms with Crippen LogP contribution in [0.1, 0.15) is 37.1 Å². The van der Waals surface area contributed by atoms with E-state index >= 15 is 0 Å². The van der Waals surface area contributed by atoms with Gasteiger partial charge in [0.25, 0.3) is 0 Å². The van der Waals surface area contributed by atoms with E-state index in [1.165, 1.54) is 12.1 Å². The maximum Gasteiger partial charge on any atom is 0.242 e. The maximum absolute atomic E-state index is 13.1. The smallest absolute Gasteiger partial charge is 0.242 e. The van der Waals surface area contributed by atoms with Gasteiger partial charge < -0.3 is 5.32 Å². The number of rotatable bonds is 4. The molecule has 1 saturated heterocycles. The average molecular weight is 316 g/mol. The topological polar surface area (TPSA) is 50.2 Å². The number of aromatic nitrogens is 2. The molecule has 1 aromatic heterocycles. The van der Waals surface area contributed by atoms with Gasteiger partial charge in [-0.3, -0.25) is 14.4 Å². The molecule has 1 aliphatic heterocycles. The molecule has 1 unspecified atom stereocenters. The molecule has 6 heteroatoms. The summed E-state index contributed by atoms with van der Waals surface area (Å²) < 4.78 is 15.1. The number of hydrogen-bond donors (Lipinski definition) is 1. The highest BCUT2D eigenvalue weighted by atomic mass is 19.1. The molecule has 0 bridgehead atoms. The molecule has 1 N–H and O–H groups in total. The van der Waals surface area contributed by atoms with Crippen LogP contribution in [0.3, 0.4) is 0 Å². The SMILES string of the molecule is CC(C)n1cc(CN2CCNC(=O)C2c2ccc(F)cc2)cn1. The fraction of sp³-hybridized carbons (Fsp3) is 0.412. The molecular formula is C17H21FN4O. The van der Waals surface area contributed by atoms with Crippen LogP contribution in [0.15, 0.2) is 36.7 Å². The lowest BCUT2D eigenvalue weighted by Gasteiger charge is -2.35. The van der Waals surface area contributed by atoms with Crippen molar-refractivity contribution in [1.82, 2.24) is 20.0 Å². The van der Waals surface area contributed by atoms with Gasteiger partial charge in [-0.15, -0.1) is 0 Å². The summed E-state index contributed by atoms with van der Waals surface area (Å²) in [7, 11) is 0. The van der Waals surface area contributed by atoms with Crippen LogP contribution in [0.5, 0.6) is 0 Å². The van der Waals surface area contributed by atoms with E-state index in [9.17, 15) is 9.18 Å². The molecular weight excluding hydrogens is 295 g/mol. The summed E-state index contributed by atoms with van der Waals surface area (Å²) in [6.07, 6.45) is 3.85. The van der Waals surface area contributed by atoms with Gasteiger partial charge in [-0.25, -0.2) is 4.39 Å². The molecule has 0 saturated carbocycles. The van der Waals surface area contributed by atoms with Gasteiger partial charge >= 0.3 is 0 Å². The van der Waals surface area contributed by atoms with E-state index in [0.717, 1.165) is 17.7 Å². The first-order valence-corrected chi connectivity index (χ1v) is 7.85. The summed E-state index contributed by atoms with van der Waals surface area (Å²) in [4.78, 5) is 14.4. The highest BCUT2D eigenvalue weighted by molar-refractivity contribution is 5.83. The van der Waals surface area contributed by atoms with E-state index in [1.807, 2.05) is 17.1 Å². The first kappa shape index (κ1) is 15.7. The molecule has 0 radical (unpaired) electrons. The zero-order valence-corrected chi connectivity index (χ0v) is 13.4. The monoisotopic (exact) mass is 316 g/mol. The fourth-order valence-electron chi connectivity index (χ4n) is 2.87. The van der Waals surface area contributed by atoms with E-state index < -0.39 is 6.04 Å². The lowest BCUT2D eigenvalue weighted by atomic mass is 10.0. The minimum absolute atomic E-state index is 0.0425. The summed E-state index contributed by atoms with van der Waals surface area (Å²) in [6.45, 7) is 6.16. The second kappa shape index (κ2) is 6.50. The third-order valence-electron chi connectivity index (χ3n) is 4.07. The zero-order chi connectivity index (χ0) is 16.4. The lowest BCUT2D eigenvalue weighted by Crippen LogP contribution is -2.49. The van der Waals surface area contributed by atoms with Crippen molar-refractivity contribution in [3.05, 3.63) is 53.6 Å². The van der Waals surface area contributed by atoms with Gasteiger partial charge in [-0.1, -0.05) is 12.1 Å². The third-order valence-corrected chi connectivity index (χ3v) is 4.07. The zero-order valence-electron chi connectivity index (χ0n) is 13.4. The average Bonchev–Trinajstić information content (AvgIpc) is 2.98. The summed E-state index contributed by atoms with van der Waals surface area (Å²) in [5.41, 5.74) is 1.88. The van der Waals surface area contributed by atoms with Crippen molar-refractivity contribution in [1.29, 1.82) is 0 Å². The molecule has 1 aromatic carbocycles. The molecule has 122 valence electrons. The number of carbonyl (C=O) groups is 1. The van der Waals surface area contributed by atoms with Gasteiger partial charge in [-0.2, -0.15) is 5.10 Å². The molecule has 2 aromatic rings.